The van der Waals surface area contributed by atoms with Crippen LogP contribution in [0, 0.1) is 5.92 Å². The first-order chi connectivity index (χ1) is 8.95. The van der Waals surface area contributed by atoms with Crippen molar-refractivity contribution < 1.29 is 14.6 Å². The number of aliphatic hydroxyl groups excluding tert-OH is 1. The Kier molecular flexibility index (Phi) is 11.6. The van der Waals surface area contributed by atoms with Gasteiger partial charge in [0.15, 0.2) is 0 Å². The van der Waals surface area contributed by atoms with E-state index in [2.05, 4.69) is 26.1 Å². The van der Waals surface area contributed by atoms with Gasteiger partial charge in [-0.2, -0.15) is 0 Å². The van der Waals surface area contributed by atoms with Crippen LogP contribution >= 0.6 is 0 Å². The fraction of sp³-hybridized carbons (Fsp3) is 1.00. The molecule has 2 N–H and O–H groups in total. The molecule has 0 rings (SSSR count). The van der Waals surface area contributed by atoms with E-state index in [9.17, 15) is 5.11 Å². The second-order valence-electron chi connectivity index (χ2n) is 5.71. The summed E-state index contributed by atoms with van der Waals surface area (Å²) >= 11 is 0. The summed E-state index contributed by atoms with van der Waals surface area (Å²) in [4.78, 5) is 0. The molecular weight excluding hydrogens is 242 g/mol. The molecule has 0 amide bonds. The zero-order valence-electron chi connectivity index (χ0n) is 13.3. The summed E-state index contributed by atoms with van der Waals surface area (Å²) in [5.74, 6) is 0.726. The van der Waals surface area contributed by atoms with Gasteiger partial charge in [-0.15, -0.1) is 0 Å². The maximum atomic E-state index is 9.77. The Hall–Kier alpha value is -0.160. The number of ether oxygens (including phenoxy) is 2. The van der Waals surface area contributed by atoms with E-state index in [0.29, 0.717) is 32.4 Å². The van der Waals surface area contributed by atoms with E-state index in [0.717, 1.165) is 12.3 Å². The molecule has 0 bridgehead atoms. The van der Waals surface area contributed by atoms with Crippen molar-refractivity contribution in [2.24, 2.45) is 5.92 Å². The first-order valence-electron chi connectivity index (χ1n) is 7.56. The van der Waals surface area contributed by atoms with Gasteiger partial charge in [-0.05, 0) is 33.1 Å². The lowest BCUT2D eigenvalue weighted by atomic mass is 10.0. The first kappa shape index (κ1) is 18.8. The number of nitrogens with one attached hydrogen (secondary N) is 1. The van der Waals surface area contributed by atoms with Crippen LogP contribution in [0.4, 0.5) is 0 Å². The highest BCUT2D eigenvalue weighted by Gasteiger charge is 2.09. The van der Waals surface area contributed by atoms with Crippen molar-refractivity contribution in [3.8, 4) is 0 Å². The van der Waals surface area contributed by atoms with Gasteiger partial charge >= 0.3 is 0 Å². The second kappa shape index (κ2) is 11.6. The lowest BCUT2D eigenvalue weighted by Gasteiger charge is -2.19. The van der Waals surface area contributed by atoms with Crippen molar-refractivity contribution >= 4 is 0 Å². The topological polar surface area (TPSA) is 50.7 Å². The Bertz CT molecular complexity index is 200. The standard InChI is InChI=1S/C15H33NO3/c1-6-13(4)9-14(5)16-10-15(17)11-18-7-8-19-12(2)3/h12-17H,6-11H2,1-5H3. The SMILES string of the molecule is CCC(C)CC(C)NCC(O)COCCOC(C)C. The second-order valence-corrected chi connectivity index (χ2v) is 5.71. The van der Waals surface area contributed by atoms with Crippen molar-refractivity contribution in [2.75, 3.05) is 26.4 Å². The molecule has 4 nitrogen and oxygen atoms in total. The Morgan fingerprint density at radius 2 is 1.79 bits per heavy atom. The van der Waals surface area contributed by atoms with Crippen molar-refractivity contribution in [3.63, 3.8) is 0 Å². The van der Waals surface area contributed by atoms with Gasteiger partial charge in [0.2, 0.25) is 0 Å². The maximum absolute atomic E-state index is 9.77. The average molecular weight is 275 g/mol. The van der Waals surface area contributed by atoms with E-state index in [1.165, 1.54) is 6.42 Å². The Morgan fingerprint density at radius 3 is 2.37 bits per heavy atom. The highest BCUT2D eigenvalue weighted by atomic mass is 16.5. The Balaban J connectivity index is 3.45. The molecule has 0 aromatic heterocycles. The van der Waals surface area contributed by atoms with Crippen molar-refractivity contribution in [2.45, 2.75) is 65.7 Å². The molecule has 0 aromatic rings. The van der Waals surface area contributed by atoms with Crippen molar-refractivity contribution in [1.82, 2.24) is 5.32 Å². The Morgan fingerprint density at radius 1 is 1.11 bits per heavy atom. The van der Waals surface area contributed by atoms with Crippen LogP contribution in [0.25, 0.3) is 0 Å². The molecule has 0 fully saturated rings. The molecule has 0 aromatic carbocycles. The van der Waals surface area contributed by atoms with Crippen LogP contribution < -0.4 is 5.32 Å². The van der Waals surface area contributed by atoms with Gasteiger partial charge < -0.3 is 19.9 Å². The normalized spacial score (nSPS) is 16.6. The summed E-state index contributed by atoms with van der Waals surface area (Å²) in [7, 11) is 0. The van der Waals surface area contributed by atoms with Gasteiger partial charge in [0.25, 0.3) is 0 Å². The third kappa shape index (κ3) is 12.6. The van der Waals surface area contributed by atoms with E-state index in [4.69, 9.17) is 9.47 Å². The molecular formula is C15H33NO3. The minimum Gasteiger partial charge on any atom is -0.389 e. The highest BCUT2D eigenvalue weighted by Crippen LogP contribution is 2.09. The zero-order chi connectivity index (χ0) is 14.7. The summed E-state index contributed by atoms with van der Waals surface area (Å²) in [6, 6.07) is 0.439. The van der Waals surface area contributed by atoms with Gasteiger partial charge in [0.1, 0.15) is 0 Å². The monoisotopic (exact) mass is 275 g/mol. The van der Waals surface area contributed by atoms with Gasteiger partial charge in [-0.1, -0.05) is 20.3 Å². The fourth-order valence-corrected chi connectivity index (χ4v) is 1.81. The maximum Gasteiger partial charge on any atom is 0.0897 e. The lowest BCUT2D eigenvalue weighted by Crippen LogP contribution is -2.36. The van der Waals surface area contributed by atoms with Crippen LogP contribution in [0.5, 0.6) is 0 Å². The molecule has 0 aliphatic carbocycles. The van der Waals surface area contributed by atoms with Crippen LogP contribution in [0.15, 0.2) is 0 Å². The minimum atomic E-state index is -0.446. The average Bonchev–Trinajstić information content (AvgIpc) is 2.35. The molecule has 0 aliphatic heterocycles. The van der Waals surface area contributed by atoms with Crippen LogP contribution in [-0.4, -0.2) is 49.7 Å². The first-order valence-corrected chi connectivity index (χ1v) is 7.56. The van der Waals surface area contributed by atoms with E-state index in [1.807, 2.05) is 13.8 Å². The highest BCUT2D eigenvalue weighted by molar-refractivity contribution is 4.67. The van der Waals surface area contributed by atoms with Crippen LogP contribution in [0.1, 0.15) is 47.5 Å². The molecule has 0 spiro atoms. The molecule has 0 radical (unpaired) electrons. The smallest absolute Gasteiger partial charge is 0.0897 e. The molecule has 3 unspecified atom stereocenters. The van der Waals surface area contributed by atoms with Crippen LogP contribution in [0.2, 0.25) is 0 Å². The lowest BCUT2D eigenvalue weighted by molar-refractivity contribution is -0.0105. The summed E-state index contributed by atoms with van der Waals surface area (Å²) in [5.41, 5.74) is 0. The van der Waals surface area contributed by atoms with Gasteiger partial charge in [-0.25, -0.2) is 0 Å². The zero-order valence-corrected chi connectivity index (χ0v) is 13.3. The summed E-state index contributed by atoms with van der Waals surface area (Å²) in [6.07, 6.45) is 2.13. The van der Waals surface area contributed by atoms with Gasteiger partial charge in [0.05, 0.1) is 32.0 Å². The van der Waals surface area contributed by atoms with Gasteiger partial charge in [0, 0.05) is 12.6 Å². The molecule has 0 saturated carbocycles. The number of aliphatic hydroxyl groups is 1. The predicted octanol–water partition coefficient (Wildman–Crippen LogP) is 2.20. The summed E-state index contributed by atoms with van der Waals surface area (Å²) in [6.45, 7) is 12.7. The predicted molar refractivity (Wildman–Crippen MR) is 79.5 cm³/mol. The molecule has 4 heteroatoms. The largest absolute Gasteiger partial charge is 0.389 e. The minimum absolute atomic E-state index is 0.233. The molecule has 19 heavy (non-hydrogen) atoms. The van der Waals surface area contributed by atoms with E-state index >= 15 is 0 Å². The van der Waals surface area contributed by atoms with Gasteiger partial charge in [-0.3, -0.25) is 0 Å². The summed E-state index contributed by atoms with van der Waals surface area (Å²) in [5, 5.41) is 13.1. The van der Waals surface area contributed by atoms with E-state index in [1.54, 1.807) is 0 Å². The Labute approximate surface area is 118 Å². The number of rotatable bonds is 12. The molecule has 0 saturated heterocycles. The van der Waals surface area contributed by atoms with Crippen molar-refractivity contribution in [3.05, 3.63) is 0 Å². The van der Waals surface area contributed by atoms with Crippen LogP contribution in [-0.2, 0) is 9.47 Å². The molecule has 116 valence electrons. The fourth-order valence-electron chi connectivity index (χ4n) is 1.81. The molecule has 3 atom stereocenters. The van der Waals surface area contributed by atoms with E-state index < -0.39 is 6.10 Å². The number of hydrogen-bond donors (Lipinski definition) is 2. The molecule has 0 aliphatic rings. The van der Waals surface area contributed by atoms with Crippen LogP contribution in [0.3, 0.4) is 0 Å². The quantitative estimate of drug-likeness (QED) is 0.536. The van der Waals surface area contributed by atoms with E-state index in [-0.39, 0.29) is 6.10 Å². The third-order valence-electron chi connectivity index (χ3n) is 3.14. The summed E-state index contributed by atoms with van der Waals surface area (Å²) < 4.78 is 10.7. The molecule has 0 heterocycles. The third-order valence-corrected chi connectivity index (χ3v) is 3.14. The van der Waals surface area contributed by atoms with Crippen molar-refractivity contribution in [1.29, 1.82) is 0 Å². The number of hydrogen-bond acceptors (Lipinski definition) is 4.